The zero-order valence-corrected chi connectivity index (χ0v) is 37.0. The average molecular weight is 814 g/mol. The van der Waals surface area contributed by atoms with Gasteiger partial charge in [-0.3, -0.25) is 0 Å². The number of fused-ring (bicyclic) bond motifs is 15. The van der Waals surface area contributed by atoms with E-state index in [1.54, 1.807) is 5.56 Å². The number of aryl methyl sites for hydroxylation is 1. The molecule has 4 aliphatic carbocycles. The third-order valence-electron chi connectivity index (χ3n) is 15.3. The second kappa shape index (κ2) is 14.8. The predicted octanol–water partition coefficient (Wildman–Crippen LogP) is 17.3. The molecule has 0 heterocycles. The monoisotopic (exact) mass is 813 g/mol. The van der Waals surface area contributed by atoms with Crippen molar-refractivity contribution in [3.63, 3.8) is 0 Å². The minimum Gasteiger partial charge on any atom is -0.309 e. The Morgan fingerprint density at radius 1 is 0.460 bits per heavy atom. The van der Waals surface area contributed by atoms with Crippen LogP contribution < -0.4 is 4.90 Å². The first-order valence-corrected chi connectivity index (χ1v) is 23.5. The van der Waals surface area contributed by atoms with Gasteiger partial charge in [-0.25, -0.2) is 0 Å². The van der Waals surface area contributed by atoms with E-state index in [1.165, 1.54) is 126 Å². The van der Waals surface area contributed by atoms with Crippen LogP contribution in [0.1, 0.15) is 87.5 Å². The van der Waals surface area contributed by atoms with Gasteiger partial charge in [0, 0.05) is 16.8 Å². The van der Waals surface area contributed by atoms with Gasteiger partial charge in [0.25, 0.3) is 0 Å². The standard InChI is InChI=1S/C62H55N/c1-5-39-31-32-49-51-25-14-28-56(62(2,3)4)60(51)61-52(47-22-10-11-23-48(47)55(49)35-39)26-15-30-58(61)63(45-20-13-19-42(38-45)41-17-7-6-8-18-41)57-29-16-27-53-54-36-40-33-43(37-44(54)34-40)46-21-9-12-24-50(46)59(53)57/h6-32,35,38,40,43-44,54H,5,33-34,36-37H2,1-4H3. The number of anilines is 3. The molecular weight excluding hydrogens is 759 g/mol. The highest BCUT2D eigenvalue weighted by atomic mass is 15.1. The van der Waals surface area contributed by atoms with E-state index < -0.39 is 0 Å². The lowest BCUT2D eigenvalue weighted by molar-refractivity contribution is 0.311. The minimum absolute atomic E-state index is 0.130. The number of benzene rings is 8. The van der Waals surface area contributed by atoms with Crippen molar-refractivity contribution in [1.29, 1.82) is 0 Å². The number of hydrogen-bond acceptors (Lipinski definition) is 1. The minimum atomic E-state index is -0.130. The van der Waals surface area contributed by atoms with Crippen molar-refractivity contribution < 1.29 is 0 Å². The van der Waals surface area contributed by atoms with Crippen LogP contribution in [0.5, 0.6) is 0 Å². The van der Waals surface area contributed by atoms with Crippen LogP contribution in [0.2, 0.25) is 0 Å². The fourth-order valence-electron chi connectivity index (χ4n) is 12.6. The molecule has 3 bridgehead atoms. The molecule has 4 unspecified atom stereocenters. The van der Waals surface area contributed by atoms with Gasteiger partial charge in [0.2, 0.25) is 0 Å². The van der Waals surface area contributed by atoms with Crippen LogP contribution in [-0.2, 0) is 11.8 Å². The summed E-state index contributed by atoms with van der Waals surface area (Å²) in [4.78, 5) is 2.67. The zero-order chi connectivity index (χ0) is 42.4. The molecule has 4 atom stereocenters. The molecule has 0 amide bonds. The molecular formula is C62H55N. The van der Waals surface area contributed by atoms with E-state index in [0.717, 1.165) is 18.3 Å². The molecule has 0 radical (unpaired) electrons. The highest BCUT2D eigenvalue weighted by Crippen LogP contribution is 2.62. The summed E-state index contributed by atoms with van der Waals surface area (Å²) in [6, 6.07) is 67.7. The number of hydrogen-bond donors (Lipinski definition) is 0. The van der Waals surface area contributed by atoms with Crippen molar-refractivity contribution in [1.82, 2.24) is 0 Å². The normalized spacial score (nSPS) is 18.9. The second-order valence-electron chi connectivity index (χ2n) is 19.9. The van der Waals surface area contributed by atoms with Crippen molar-refractivity contribution >= 4 is 17.1 Å². The molecule has 63 heavy (non-hydrogen) atoms. The lowest BCUT2D eigenvalue weighted by atomic mass is 9.70. The summed E-state index contributed by atoms with van der Waals surface area (Å²) in [5.74, 6) is 2.71. The Morgan fingerprint density at radius 2 is 1.08 bits per heavy atom. The fraction of sp³-hybridized carbons (Fsp3) is 0.226. The molecule has 1 nitrogen and oxygen atoms in total. The average Bonchev–Trinajstić information content (AvgIpc) is 3.64. The molecule has 0 N–H and O–H groups in total. The molecule has 2 saturated carbocycles. The van der Waals surface area contributed by atoms with Crippen LogP contribution in [0.4, 0.5) is 17.1 Å². The Morgan fingerprint density at radius 3 is 1.87 bits per heavy atom. The van der Waals surface area contributed by atoms with E-state index in [-0.39, 0.29) is 5.41 Å². The SMILES string of the molecule is CCc1ccc2c(c1)-c1ccccc1-c1cccc(N(c3cccc(-c4ccccc4)c3)c3cccc4c3-c3ccccc3C3CC5CC(C3)C4C5)c1-c1c-2cccc1C(C)(C)C. The first kappa shape index (κ1) is 38.3. The topological polar surface area (TPSA) is 3.24 Å². The summed E-state index contributed by atoms with van der Waals surface area (Å²) in [6.45, 7) is 9.44. The van der Waals surface area contributed by atoms with Gasteiger partial charge < -0.3 is 4.90 Å². The van der Waals surface area contributed by atoms with Crippen LogP contribution in [0.25, 0.3) is 66.8 Å². The van der Waals surface area contributed by atoms with Crippen LogP contribution >= 0.6 is 0 Å². The number of nitrogens with zero attached hydrogens (tertiary/aromatic N) is 1. The molecule has 4 aliphatic rings. The summed E-state index contributed by atoms with van der Waals surface area (Å²) in [5, 5.41) is 0. The van der Waals surface area contributed by atoms with Crippen LogP contribution in [0, 0.1) is 11.8 Å². The Bertz CT molecular complexity index is 3070. The van der Waals surface area contributed by atoms with E-state index in [4.69, 9.17) is 0 Å². The van der Waals surface area contributed by atoms with Gasteiger partial charge >= 0.3 is 0 Å². The van der Waals surface area contributed by atoms with Crippen LogP contribution in [0.15, 0.2) is 176 Å². The Balaban J connectivity index is 1.23. The number of rotatable bonds is 5. The molecule has 8 aromatic rings. The van der Waals surface area contributed by atoms with Crippen molar-refractivity contribution in [3.8, 4) is 66.8 Å². The Hall–Kier alpha value is -6.44. The molecule has 0 aromatic heterocycles. The van der Waals surface area contributed by atoms with E-state index in [1.807, 2.05) is 0 Å². The molecule has 8 aromatic carbocycles. The maximum atomic E-state index is 2.67. The lowest BCUT2D eigenvalue weighted by Gasteiger charge is -2.38. The molecule has 0 aliphatic heterocycles. The smallest absolute Gasteiger partial charge is 0.0546 e. The molecule has 0 saturated heterocycles. The molecule has 0 spiro atoms. The largest absolute Gasteiger partial charge is 0.309 e. The highest BCUT2D eigenvalue weighted by Gasteiger charge is 2.45. The lowest BCUT2D eigenvalue weighted by Crippen LogP contribution is -2.21. The Kier molecular flexibility index (Phi) is 9.01. The maximum Gasteiger partial charge on any atom is 0.0546 e. The summed E-state index contributed by atoms with van der Waals surface area (Å²) in [6.07, 6.45) is 6.29. The van der Waals surface area contributed by atoms with E-state index in [9.17, 15) is 0 Å². The van der Waals surface area contributed by atoms with Gasteiger partial charge in [0.1, 0.15) is 0 Å². The van der Waals surface area contributed by atoms with Crippen molar-refractivity contribution in [3.05, 3.63) is 198 Å². The summed E-state index contributed by atoms with van der Waals surface area (Å²) in [5.41, 5.74) is 25.0. The van der Waals surface area contributed by atoms with Crippen LogP contribution in [-0.4, -0.2) is 0 Å². The van der Waals surface area contributed by atoms with E-state index in [2.05, 4.69) is 209 Å². The van der Waals surface area contributed by atoms with Gasteiger partial charge in [0.15, 0.2) is 0 Å². The molecule has 308 valence electrons. The van der Waals surface area contributed by atoms with Gasteiger partial charge in [-0.2, -0.15) is 0 Å². The van der Waals surface area contributed by atoms with Gasteiger partial charge in [-0.05, 0) is 163 Å². The van der Waals surface area contributed by atoms with Gasteiger partial charge in [-0.1, -0.05) is 179 Å². The van der Waals surface area contributed by atoms with Gasteiger partial charge in [-0.15, -0.1) is 0 Å². The van der Waals surface area contributed by atoms with E-state index in [0.29, 0.717) is 11.8 Å². The van der Waals surface area contributed by atoms with Crippen LogP contribution in [0.3, 0.4) is 0 Å². The second-order valence-corrected chi connectivity index (χ2v) is 19.9. The van der Waals surface area contributed by atoms with Gasteiger partial charge in [0.05, 0.1) is 11.4 Å². The predicted molar refractivity (Wildman–Crippen MR) is 266 cm³/mol. The zero-order valence-electron chi connectivity index (χ0n) is 37.0. The summed E-state index contributed by atoms with van der Waals surface area (Å²) in [7, 11) is 0. The van der Waals surface area contributed by atoms with E-state index >= 15 is 0 Å². The van der Waals surface area contributed by atoms with Crippen molar-refractivity contribution in [2.45, 2.75) is 77.0 Å². The quantitative estimate of drug-likeness (QED) is 0.167. The highest BCUT2D eigenvalue weighted by molar-refractivity contribution is 6.09. The molecule has 12 rings (SSSR count). The maximum absolute atomic E-state index is 2.67. The first-order valence-electron chi connectivity index (χ1n) is 23.5. The fourth-order valence-corrected chi connectivity index (χ4v) is 12.6. The third-order valence-corrected chi connectivity index (χ3v) is 15.3. The summed E-state index contributed by atoms with van der Waals surface area (Å²) < 4.78 is 0. The first-order chi connectivity index (χ1) is 30.8. The van der Waals surface area contributed by atoms with Crippen molar-refractivity contribution in [2.24, 2.45) is 11.8 Å². The van der Waals surface area contributed by atoms with Crippen molar-refractivity contribution in [2.75, 3.05) is 4.90 Å². The molecule has 2 fully saturated rings. The third kappa shape index (κ3) is 6.18. The summed E-state index contributed by atoms with van der Waals surface area (Å²) >= 11 is 0. The Labute approximate surface area is 374 Å². The molecule has 1 heteroatoms.